The van der Waals surface area contributed by atoms with Gasteiger partial charge >= 0.3 is 0 Å². The molecule has 0 bridgehead atoms. The summed E-state index contributed by atoms with van der Waals surface area (Å²) in [5.41, 5.74) is 0.857. The molecular weight excluding hydrogens is 255 g/mol. The highest BCUT2D eigenvalue weighted by atomic mass is 19.1. The normalized spacial score (nSPS) is 12.0. The van der Waals surface area contributed by atoms with Gasteiger partial charge in [-0.05, 0) is 24.0 Å². The minimum Gasteiger partial charge on any atom is -0.352 e. The van der Waals surface area contributed by atoms with Crippen LogP contribution in [0.2, 0.25) is 0 Å². The van der Waals surface area contributed by atoms with Crippen molar-refractivity contribution in [3.05, 3.63) is 24.1 Å². The molecule has 1 N–H and O–H groups in total. The third kappa shape index (κ3) is 3.92. The number of nitrogens with one attached hydrogen (secondary N) is 1. The van der Waals surface area contributed by atoms with Gasteiger partial charge in [-0.3, -0.25) is 0 Å². The fraction of sp³-hybridized carbons (Fsp3) is 0.600. The van der Waals surface area contributed by atoms with Gasteiger partial charge in [-0.2, -0.15) is 4.98 Å². The van der Waals surface area contributed by atoms with Gasteiger partial charge in [-0.1, -0.05) is 40.0 Å². The van der Waals surface area contributed by atoms with Crippen molar-refractivity contribution in [2.45, 2.75) is 46.5 Å². The van der Waals surface area contributed by atoms with Crippen LogP contribution in [0.5, 0.6) is 0 Å². The van der Waals surface area contributed by atoms with Gasteiger partial charge in [0, 0.05) is 6.54 Å². The Labute approximate surface area is 119 Å². The van der Waals surface area contributed by atoms with E-state index in [2.05, 4.69) is 36.2 Å². The minimum absolute atomic E-state index is 0.206. The molecule has 0 saturated heterocycles. The van der Waals surface area contributed by atoms with E-state index in [9.17, 15) is 4.39 Å². The van der Waals surface area contributed by atoms with Crippen LogP contribution < -0.4 is 5.32 Å². The Morgan fingerprint density at radius 1 is 1.30 bits per heavy atom. The maximum absolute atomic E-state index is 13.1. The summed E-state index contributed by atoms with van der Waals surface area (Å²) in [6.45, 7) is 7.51. The number of fused-ring (bicyclic) bond motifs is 1. The van der Waals surface area contributed by atoms with Crippen molar-refractivity contribution in [3.8, 4) is 0 Å². The van der Waals surface area contributed by atoms with E-state index in [4.69, 9.17) is 0 Å². The van der Waals surface area contributed by atoms with E-state index < -0.39 is 0 Å². The number of nitrogens with zero attached hydrogens (tertiary/aromatic N) is 3. The number of pyridine rings is 1. The highest BCUT2D eigenvalue weighted by Crippen LogP contribution is 2.24. The van der Waals surface area contributed by atoms with E-state index >= 15 is 0 Å². The zero-order valence-electron chi connectivity index (χ0n) is 12.5. The predicted octanol–water partition coefficient (Wildman–Crippen LogP) is 3.89. The first-order valence-electron chi connectivity index (χ1n) is 7.26. The monoisotopic (exact) mass is 278 g/mol. The molecule has 0 radical (unpaired) electrons. The second-order valence-electron chi connectivity index (χ2n) is 6.06. The SMILES string of the molecule is CCCCCC(C)(C)CNc1nc2ccc(F)cn2n1. The van der Waals surface area contributed by atoms with Crippen molar-refractivity contribution in [1.82, 2.24) is 14.6 Å². The van der Waals surface area contributed by atoms with Crippen LogP contribution in [0.1, 0.15) is 46.5 Å². The standard InChI is InChI=1S/C15H23FN4/c1-4-5-6-9-15(2,3)11-17-14-18-13-8-7-12(16)10-20(13)19-14/h7-8,10H,4-6,9,11H2,1-3H3,(H,17,19). The van der Waals surface area contributed by atoms with Gasteiger partial charge in [0.15, 0.2) is 5.65 Å². The van der Waals surface area contributed by atoms with Crippen LogP contribution in [0.4, 0.5) is 10.3 Å². The quantitative estimate of drug-likeness (QED) is 0.781. The van der Waals surface area contributed by atoms with Gasteiger partial charge in [-0.15, -0.1) is 5.10 Å². The zero-order chi connectivity index (χ0) is 14.6. The third-order valence-electron chi connectivity index (χ3n) is 3.48. The Morgan fingerprint density at radius 2 is 2.10 bits per heavy atom. The molecule has 110 valence electrons. The van der Waals surface area contributed by atoms with E-state index in [0.29, 0.717) is 11.6 Å². The van der Waals surface area contributed by atoms with E-state index in [0.717, 1.165) is 6.54 Å². The molecule has 0 spiro atoms. The van der Waals surface area contributed by atoms with E-state index in [-0.39, 0.29) is 11.2 Å². The molecule has 0 fully saturated rings. The Bertz CT molecular complexity index is 562. The topological polar surface area (TPSA) is 42.2 Å². The number of unbranched alkanes of at least 4 members (excludes halogenated alkanes) is 2. The molecule has 0 saturated carbocycles. The lowest BCUT2D eigenvalue weighted by Gasteiger charge is -2.24. The molecular formula is C15H23FN4. The highest BCUT2D eigenvalue weighted by molar-refractivity contribution is 5.43. The second kappa shape index (κ2) is 6.20. The largest absolute Gasteiger partial charge is 0.352 e. The lowest BCUT2D eigenvalue weighted by molar-refractivity contribution is 0.342. The number of hydrogen-bond donors (Lipinski definition) is 1. The molecule has 0 amide bonds. The summed E-state index contributed by atoms with van der Waals surface area (Å²) >= 11 is 0. The van der Waals surface area contributed by atoms with Crippen molar-refractivity contribution < 1.29 is 4.39 Å². The maximum atomic E-state index is 13.1. The Hall–Kier alpha value is -1.65. The summed E-state index contributed by atoms with van der Waals surface area (Å²) in [7, 11) is 0. The van der Waals surface area contributed by atoms with Crippen LogP contribution in [0, 0.1) is 11.2 Å². The van der Waals surface area contributed by atoms with Gasteiger partial charge in [0.25, 0.3) is 0 Å². The molecule has 0 atom stereocenters. The molecule has 0 aromatic carbocycles. The highest BCUT2D eigenvalue weighted by Gasteiger charge is 2.18. The molecule has 2 aromatic heterocycles. The summed E-state index contributed by atoms with van der Waals surface area (Å²) in [6, 6.07) is 3.02. The van der Waals surface area contributed by atoms with E-state index in [1.54, 1.807) is 6.07 Å². The Balaban J connectivity index is 1.94. The molecule has 20 heavy (non-hydrogen) atoms. The number of hydrogen-bond acceptors (Lipinski definition) is 3. The number of anilines is 1. The van der Waals surface area contributed by atoms with Crippen LogP contribution in [0.3, 0.4) is 0 Å². The first-order chi connectivity index (χ1) is 9.50. The maximum Gasteiger partial charge on any atom is 0.243 e. The van der Waals surface area contributed by atoms with Gasteiger partial charge < -0.3 is 5.32 Å². The molecule has 0 aliphatic rings. The number of aromatic nitrogens is 3. The molecule has 2 rings (SSSR count). The lowest BCUT2D eigenvalue weighted by atomic mass is 9.87. The average Bonchev–Trinajstić information content (AvgIpc) is 2.79. The van der Waals surface area contributed by atoms with Crippen LogP contribution >= 0.6 is 0 Å². The van der Waals surface area contributed by atoms with Crippen molar-refractivity contribution >= 4 is 11.6 Å². The van der Waals surface area contributed by atoms with Crippen LogP contribution in [0.25, 0.3) is 5.65 Å². The van der Waals surface area contributed by atoms with Crippen LogP contribution in [-0.4, -0.2) is 21.1 Å². The van der Waals surface area contributed by atoms with Crippen LogP contribution in [0.15, 0.2) is 18.3 Å². The van der Waals surface area contributed by atoms with Crippen molar-refractivity contribution in [2.24, 2.45) is 5.41 Å². The summed E-state index contributed by atoms with van der Waals surface area (Å²) in [5, 5.41) is 7.48. The molecule has 5 heteroatoms. The molecule has 0 aliphatic carbocycles. The van der Waals surface area contributed by atoms with Crippen LogP contribution in [-0.2, 0) is 0 Å². The smallest absolute Gasteiger partial charge is 0.243 e. The fourth-order valence-corrected chi connectivity index (χ4v) is 2.19. The molecule has 2 heterocycles. The Kier molecular flexibility index (Phi) is 4.57. The van der Waals surface area contributed by atoms with E-state index in [1.807, 2.05) is 0 Å². The first kappa shape index (κ1) is 14.8. The van der Waals surface area contributed by atoms with Gasteiger partial charge in [0.2, 0.25) is 5.95 Å². The number of halogens is 1. The van der Waals surface area contributed by atoms with Crippen molar-refractivity contribution in [2.75, 3.05) is 11.9 Å². The molecule has 0 unspecified atom stereocenters. The number of rotatable bonds is 7. The first-order valence-corrected chi connectivity index (χ1v) is 7.26. The average molecular weight is 278 g/mol. The van der Waals surface area contributed by atoms with Gasteiger partial charge in [0.1, 0.15) is 5.82 Å². The Morgan fingerprint density at radius 3 is 2.85 bits per heavy atom. The second-order valence-corrected chi connectivity index (χ2v) is 6.06. The summed E-state index contributed by atoms with van der Waals surface area (Å²) in [6.07, 6.45) is 6.27. The van der Waals surface area contributed by atoms with Gasteiger partial charge in [-0.25, -0.2) is 8.91 Å². The lowest BCUT2D eigenvalue weighted by Crippen LogP contribution is -2.23. The fourth-order valence-electron chi connectivity index (χ4n) is 2.19. The van der Waals surface area contributed by atoms with E-state index in [1.165, 1.54) is 42.5 Å². The molecule has 2 aromatic rings. The summed E-state index contributed by atoms with van der Waals surface area (Å²) in [5.74, 6) is 0.244. The molecule has 0 aliphatic heterocycles. The van der Waals surface area contributed by atoms with Gasteiger partial charge in [0.05, 0.1) is 6.20 Å². The summed E-state index contributed by atoms with van der Waals surface area (Å²) < 4.78 is 14.5. The minimum atomic E-state index is -0.311. The zero-order valence-corrected chi connectivity index (χ0v) is 12.5. The predicted molar refractivity (Wildman–Crippen MR) is 79.4 cm³/mol. The van der Waals surface area contributed by atoms with Crippen molar-refractivity contribution in [3.63, 3.8) is 0 Å². The summed E-state index contributed by atoms with van der Waals surface area (Å²) in [4.78, 5) is 4.33. The van der Waals surface area contributed by atoms with Crippen molar-refractivity contribution in [1.29, 1.82) is 0 Å². The third-order valence-corrected chi connectivity index (χ3v) is 3.48. The molecule has 4 nitrogen and oxygen atoms in total.